The Morgan fingerprint density at radius 2 is 1.85 bits per heavy atom. The molecule has 1 aliphatic heterocycles. The smallest absolute Gasteiger partial charge is 0.257 e. The molecule has 0 aliphatic carbocycles. The first kappa shape index (κ1) is 17.8. The summed E-state index contributed by atoms with van der Waals surface area (Å²) in [6.45, 7) is 0. The van der Waals surface area contributed by atoms with Gasteiger partial charge in [0.05, 0.1) is 18.3 Å². The first-order valence-corrected chi connectivity index (χ1v) is 10.7. The van der Waals surface area contributed by atoms with Crippen molar-refractivity contribution in [3.8, 4) is 0 Å². The van der Waals surface area contributed by atoms with E-state index in [0.717, 1.165) is 17.4 Å². The van der Waals surface area contributed by atoms with Gasteiger partial charge in [0, 0.05) is 5.02 Å². The van der Waals surface area contributed by atoms with E-state index in [1.165, 1.54) is 0 Å². The van der Waals surface area contributed by atoms with E-state index in [4.69, 9.17) is 11.6 Å². The van der Waals surface area contributed by atoms with E-state index in [1.54, 1.807) is 4.68 Å². The number of benzene rings is 2. The molecular formula is C18H18ClN5O2S. The lowest BCUT2D eigenvalue weighted by atomic mass is 9.93. The van der Waals surface area contributed by atoms with Crippen LogP contribution < -0.4 is 10.0 Å². The molecular weight excluding hydrogens is 386 g/mol. The second-order valence-electron chi connectivity index (χ2n) is 6.46. The Bertz CT molecular complexity index is 1070. The normalized spacial score (nSPS) is 19.2. The van der Waals surface area contributed by atoms with Gasteiger partial charge in [-0.15, -0.1) is 5.10 Å². The van der Waals surface area contributed by atoms with Crippen LogP contribution in [-0.4, -0.2) is 29.4 Å². The van der Waals surface area contributed by atoms with E-state index >= 15 is 0 Å². The van der Waals surface area contributed by atoms with Gasteiger partial charge in [-0.3, -0.25) is 4.72 Å². The van der Waals surface area contributed by atoms with Crippen molar-refractivity contribution in [2.75, 3.05) is 16.3 Å². The Kier molecular flexibility index (Phi) is 4.53. The molecule has 1 aliphatic rings. The molecule has 7 nitrogen and oxygen atoms in total. The first-order chi connectivity index (χ1) is 12.9. The van der Waals surface area contributed by atoms with Crippen LogP contribution in [0.3, 0.4) is 0 Å². The number of rotatable bonds is 4. The summed E-state index contributed by atoms with van der Waals surface area (Å²) in [4.78, 5) is 4.32. The van der Waals surface area contributed by atoms with Crippen molar-refractivity contribution in [3.63, 3.8) is 0 Å². The maximum absolute atomic E-state index is 11.6. The SMILES string of the molecule is CS(=O)(=O)Nc1nc2n(n1)[C@@H](c1ccccc1Cl)C[C@H](c1ccccc1)N2. The third kappa shape index (κ3) is 3.77. The van der Waals surface area contributed by atoms with Crippen LogP contribution >= 0.6 is 11.6 Å². The van der Waals surface area contributed by atoms with E-state index in [1.807, 2.05) is 54.6 Å². The Morgan fingerprint density at radius 1 is 1.15 bits per heavy atom. The van der Waals surface area contributed by atoms with Crippen LogP contribution in [0.2, 0.25) is 5.02 Å². The molecule has 9 heteroatoms. The molecule has 1 aromatic heterocycles. The van der Waals surface area contributed by atoms with Crippen LogP contribution in [0, 0.1) is 0 Å². The van der Waals surface area contributed by atoms with Crippen LogP contribution in [0.4, 0.5) is 11.9 Å². The van der Waals surface area contributed by atoms with Gasteiger partial charge in [-0.25, -0.2) is 13.1 Å². The number of hydrogen-bond acceptors (Lipinski definition) is 5. The molecule has 0 bridgehead atoms. The van der Waals surface area contributed by atoms with Crippen molar-refractivity contribution < 1.29 is 8.42 Å². The Balaban J connectivity index is 1.79. The van der Waals surface area contributed by atoms with Gasteiger partial charge in [-0.05, 0) is 23.6 Å². The summed E-state index contributed by atoms with van der Waals surface area (Å²) in [6, 6.07) is 17.4. The lowest BCUT2D eigenvalue weighted by Gasteiger charge is -2.32. The highest BCUT2D eigenvalue weighted by Crippen LogP contribution is 2.40. The van der Waals surface area contributed by atoms with Gasteiger partial charge < -0.3 is 5.32 Å². The van der Waals surface area contributed by atoms with Crippen LogP contribution in [-0.2, 0) is 10.0 Å². The first-order valence-electron chi connectivity index (χ1n) is 8.41. The average molecular weight is 404 g/mol. The van der Waals surface area contributed by atoms with Crippen molar-refractivity contribution in [1.82, 2.24) is 14.8 Å². The monoisotopic (exact) mass is 403 g/mol. The fourth-order valence-corrected chi connectivity index (χ4v) is 3.97. The van der Waals surface area contributed by atoms with Crippen LogP contribution in [0.5, 0.6) is 0 Å². The van der Waals surface area contributed by atoms with Crippen LogP contribution in [0.1, 0.15) is 29.6 Å². The quantitative estimate of drug-likeness (QED) is 0.696. The molecule has 4 rings (SSSR count). The number of sulfonamides is 1. The molecule has 0 radical (unpaired) electrons. The average Bonchev–Trinajstić information content (AvgIpc) is 3.02. The summed E-state index contributed by atoms with van der Waals surface area (Å²) in [6.07, 6.45) is 1.77. The van der Waals surface area contributed by atoms with E-state index in [0.29, 0.717) is 17.4 Å². The molecule has 0 saturated carbocycles. The third-order valence-electron chi connectivity index (χ3n) is 4.43. The summed E-state index contributed by atoms with van der Waals surface area (Å²) in [5, 5.41) is 8.34. The standard InChI is InChI=1S/C18H18ClN5O2S/c1-27(25,26)23-17-21-18-20-15(12-7-3-2-4-8-12)11-16(24(18)22-17)13-9-5-6-10-14(13)19/h2-10,15-16H,11H2,1H3,(H2,20,21,22,23)/t15-,16-/m1/s1. The van der Waals surface area contributed by atoms with Crippen LogP contribution in [0.25, 0.3) is 0 Å². The van der Waals surface area contributed by atoms with Crippen LogP contribution in [0.15, 0.2) is 54.6 Å². The van der Waals surface area contributed by atoms with Gasteiger partial charge in [0.15, 0.2) is 0 Å². The van der Waals surface area contributed by atoms with Crippen molar-refractivity contribution in [1.29, 1.82) is 0 Å². The summed E-state index contributed by atoms with van der Waals surface area (Å²) in [7, 11) is -3.47. The fraction of sp³-hybridized carbons (Fsp3) is 0.222. The number of hydrogen-bond donors (Lipinski definition) is 2. The molecule has 27 heavy (non-hydrogen) atoms. The Labute approximate surface area is 162 Å². The molecule has 140 valence electrons. The summed E-state index contributed by atoms with van der Waals surface area (Å²) in [5.74, 6) is 0.525. The van der Waals surface area contributed by atoms with Gasteiger partial charge in [-0.2, -0.15) is 4.98 Å². The summed E-state index contributed by atoms with van der Waals surface area (Å²) < 4.78 is 27.2. The van der Waals surface area contributed by atoms with E-state index < -0.39 is 10.0 Å². The molecule has 3 aromatic rings. The minimum atomic E-state index is -3.47. The van der Waals surface area contributed by atoms with Gasteiger partial charge >= 0.3 is 0 Å². The maximum Gasteiger partial charge on any atom is 0.257 e. The van der Waals surface area contributed by atoms with E-state index in [9.17, 15) is 8.42 Å². The van der Waals surface area contributed by atoms with Crippen molar-refractivity contribution in [3.05, 3.63) is 70.7 Å². The zero-order chi connectivity index (χ0) is 19.0. The Morgan fingerprint density at radius 3 is 2.56 bits per heavy atom. The number of fused-ring (bicyclic) bond motifs is 1. The molecule has 0 amide bonds. The van der Waals surface area contributed by atoms with Gasteiger partial charge in [0.2, 0.25) is 16.0 Å². The van der Waals surface area contributed by atoms with Gasteiger partial charge in [-0.1, -0.05) is 60.1 Å². The van der Waals surface area contributed by atoms with Crippen molar-refractivity contribution >= 4 is 33.5 Å². The molecule has 0 saturated heterocycles. The van der Waals surface area contributed by atoms with E-state index in [2.05, 4.69) is 20.1 Å². The molecule has 0 spiro atoms. The second kappa shape index (κ2) is 6.86. The fourth-order valence-electron chi connectivity index (χ4n) is 3.29. The molecule has 2 N–H and O–H groups in total. The lowest BCUT2D eigenvalue weighted by Crippen LogP contribution is -2.28. The predicted molar refractivity (Wildman–Crippen MR) is 106 cm³/mol. The number of anilines is 2. The van der Waals surface area contributed by atoms with Crippen molar-refractivity contribution in [2.45, 2.75) is 18.5 Å². The minimum absolute atomic E-state index is 0.00439. The highest BCUT2D eigenvalue weighted by molar-refractivity contribution is 7.91. The Hall–Kier alpha value is -2.58. The number of nitrogens with one attached hydrogen (secondary N) is 2. The summed E-state index contributed by atoms with van der Waals surface area (Å²) >= 11 is 6.44. The molecule has 2 aromatic carbocycles. The molecule has 0 fully saturated rings. The minimum Gasteiger partial charge on any atom is -0.347 e. The van der Waals surface area contributed by atoms with Crippen molar-refractivity contribution in [2.24, 2.45) is 0 Å². The maximum atomic E-state index is 11.6. The zero-order valence-corrected chi connectivity index (χ0v) is 16.1. The third-order valence-corrected chi connectivity index (χ3v) is 5.33. The largest absolute Gasteiger partial charge is 0.347 e. The number of nitrogens with zero attached hydrogens (tertiary/aromatic N) is 3. The molecule has 2 atom stereocenters. The number of aromatic nitrogens is 3. The number of halogens is 1. The highest BCUT2D eigenvalue weighted by atomic mass is 35.5. The topological polar surface area (TPSA) is 88.9 Å². The predicted octanol–water partition coefficient (Wildman–Crippen LogP) is 3.45. The molecule has 0 unspecified atom stereocenters. The highest BCUT2D eigenvalue weighted by Gasteiger charge is 2.32. The zero-order valence-electron chi connectivity index (χ0n) is 14.5. The molecule has 2 heterocycles. The summed E-state index contributed by atoms with van der Waals surface area (Å²) in [5.41, 5.74) is 2.03. The lowest BCUT2D eigenvalue weighted by molar-refractivity contribution is 0.431. The van der Waals surface area contributed by atoms with Gasteiger partial charge in [0.1, 0.15) is 0 Å². The van der Waals surface area contributed by atoms with Gasteiger partial charge in [0.25, 0.3) is 5.95 Å². The van der Waals surface area contributed by atoms with E-state index in [-0.39, 0.29) is 18.0 Å². The second-order valence-corrected chi connectivity index (χ2v) is 8.61.